The van der Waals surface area contributed by atoms with Crippen LogP contribution in [0.3, 0.4) is 0 Å². The van der Waals surface area contributed by atoms with Crippen molar-refractivity contribution in [2.45, 2.75) is 328 Å². The summed E-state index contributed by atoms with van der Waals surface area (Å²) in [6, 6.07) is -0.818. The molecule has 0 saturated heterocycles. The van der Waals surface area contributed by atoms with E-state index >= 15 is 0 Å². The van der Waals surface area contributed by atoms with Crippen LogP contribution < -0.4 is 10.2 Å². The van der Waals surface area contributed by atoms with Gasteiger partial charge in [-0.1, -0.05) is 329 Å². The Morgan fingerprint density at radius 1 is 0.434 bits per heavy atom. The number of carbonyl (C=O) groups excluding carboxylic acids is 1. The van der Waals surface area contributed by atoms with Crippen LogP contribution in [0.25, 0.3) is 0 Å². The van der Waals surface area contributed by atoms with Crippen LogP contribution in [-0.2, 0) is 18.4 Å². The fourth-order valence-electron chi connectivity index (χ4n) is 10.2. The summed E-state index contributed by atoms with van der Waals surface area (Å²) in [5.74, 6) is -0.179. The predicted octanol–water partition coefficient (Wildman–Crippen LogP) is 21.9. The smallest absolute Gasteiger partial charge is 0.268 e. The first kappa shape index (κ1) is 80.4. The number of hydrogen-bond acceptors (Lipinski definition) is 6. The van der Waals surface area contributed by atoms with E-state index in [2.05, 4.69) is 116 Å². The summed E-state index contributed by atoms with van der Waals surface area (Å²) >= 11 is 0. The molecule has 0 heterocycles. The van der Waals surface area contributed by atoms with Crippen molar-refractivity contribution in [2.75, 3.05) is 40.9 Å². The Morgan fingerprint density at radius 3 is 1.07 bits per heavy atom. The third kappa shape index (κ3) is 66.8. The van der Waals surface area contributed by atoms with Crippen LogP contribution in [-0.4, -0.2) is 68.5 Å². The fourth-order valence-corrected chi connectivity index (χ4v) is 10.9. The molecule has 482 valence electrons. The van der Waals surface area contributed by atoms with Crippen molar-refractivity contribution in [1.29, 1.82) is 0 Å². The number of carbonyl (C=O) groups is 1. The number of rotatable bonds is 64. The average Bonchev–Trinajstić information content (AvgIpc) is 3.49. The van der Waals surface area contributed by atoms with E-state index in [1.54, 1.807) is 0 Å². The van der Waals surface area contributed by atoms with Gasteiger partial charge in [0.1, 0.15) is 13.2 Å². The SMILES string of the molecule is CC/C=C\C/C=C\C/C=C\C/C=C\C/C=C\C/C=C\C/C=C\C/C=C\CCCCCCCCC(=O)NC(COP(=O)([O-])OCC[N+](C)(C)C)C(O)CCCCCCCCCCCCCCCCCCCCCCCCCCCCCCCC. The van der Waals surface area contributed by atoms with Gasteiger partial charge in [0, 0.05) is 6.42 Å². The van der Waals surface area contributed by atoms with Gasteiger partial charge in [-0.2, -0.15) is 0 Å². The summed E-state index contributed by atoms with van der Waals surface area (Å²) in [6.07, 6.45) is 91.9. The Hall–Kier alpha value is -2.58. The van der Waals surface area contributed by atoms with E-state index in [4.69, 9.17) is 9.05 Å². The summed E-state index contributed by atoms with van der Waals surface area (Å²) in [5, 5.41) is 14.1. The first-order valence-corrected chi connectivity index (χ1v) is 36.5. The molecule has 0 bridgehead atoms. The second kappa shape index (κ2) is 63.9. The molecule has 0 aromatic carbocycles. The van der Waals surface area contributed by atoms with Gasteiger partial charge in [-0.25, -0.2) is 0 Å². The van der Waals surface area contributed by atoms with Crippen LogP contribution in [0.5, 0.6) is 0 Å². The minimum absolute atomic E-state index is 0.00463. The average molecular weight is 1180 g/mol. The van der Waals surface area contributed by atoms with Gasteiger partial charge in [0.25, 0.3) is 7.82 Å². The second-order valence-corrected chi connectivity index (χ2v) is 26.3. The number of likely N-dealkylation sites (N-methyl/N-ethyl adjacent to an activating group) is 1. The topological polar surface area (TPSA) is 108 Å². The van der Waals surface area contributed by atoms with Crippen LogP contribution >= 0.6 is 7.82 Å². The monoisotopic (exact) mass is 1180 g/mol. The zero-order chi connectivity index (χ0) is 60.5. The molecular formula is C74H135N2O6P. The molecule has 8 nitrogen and oxygen atoms in total. The van der Waals surface area contributed by atoms with Crippen molar-refractivity contribution >= 4 is 13.7 Å². The molecule has 0 aliphatic heterocycles. The van der Waals surface area contributed by atoms with Crippen molar-refractivity contribution < 1.29 is 32.9 Å². The summed E-state index contributed by atoms with van der Waals surface area (Å²) in [7, 11) is 1.29. The van der Waals surface area contributed by atoms with Crippen molar-refractivity contribution in [2.24, 2.45) is 0 Å². The molecule has 3 unspecified atom stereocenters. The molecule has 0 aliphatic rings. The lowest BCUT2D eigenvalue weighted by molar-refractivity contribution is -0.870. The molecule has 2 N–H and O–H groups in total. The maximum atomic E-state index is 13.1. The number of aliphatic hydroxyl groups excluding tert-OH is 1. The van der Waals surface area contributed by atoms with Crippen molar-refractivity contribution in [3.8, 4) is 0 Å². The first-order valence-electron chi connectivity index (χ1n) is 35.1. The van der Waals surface area contributed by atoms with E-state index in [1.165, 1.54) is 186 Å². The summed E-state index contributed by atoms with van der Waals surface area (Å²) in [5.41, 5.74) is 0. The molecule has 9 heteroatoms. The molecule has 0 rings (SSSR count). The zero-order valence-corrected chi connectivity index (χ0v) is 56.0. The van der Waals surface area contributed by atoms with Crippen molar-refractivity contribution in [3.05, 3.63) is 97.2 Å². The number of allylic oxidation sites excluding steroid dienone is 16. The lowest BCUT2D eigenvalue weighted by Crippen LogP contribution is -2.46. The second-order valence-electron chi connectivity index (χ2n) is 24.9. The Bertz CT molecular complexity index is 1670. The number of unbranched alkanes of at least 4 members (excludes halogenated alkanes) is 35. The molecule has 0 radical (unpaired) electrons. The van der Waals surface area contributed by atoms with Crippen LogP contribution in [0.1, 0.15) is 316 Å². The summed E-state index contributed by atoms with van der Waals surface area (Å²) in [6.45, 7) is 4.62. The zero-order valence-electron chi connectivity index (χ0n) is 55.1. The Kier molecular flexibility index (Phi) is 61.9. The number of phosphoric acid groups is 1. The maximum absolute atomic E-state index is 13.1. The van der Waals surface area contributed by atoms with Crippen LogP contribution in [0, 0.1) is 0 Å². The molecule has 0 aromatic rings. The number of nitrogens with one attached hydrogen (secondary N) is 1. The molecule has 83 heavy (non-hydrogen) atoms. The lowest BCUT2D eigenvalue weighted by Gasteiger charge is -2.30. The number of amides is 1. The molecule has 0 aliphatic carbocycles. The highest BCUT2D eigenvalue weighted by Gasteiger charge is 2.24. The molecule has 3 atom stereocenters. The summed E-state index contributed by atoms with van der Waals surface area (Å²) in [4.78, 5) is 25.7. The quantitative estimate of drug-likeness (QED) is 0.0272. The van der Waals surface area contributed by atoms with Gasteiger partial charge in [0.05, 0.1) is 39.9 Å². The van der Waals surface area contributed by atoms with Crippen molar-refractivity contribution in [1.82, 2.24) is 5.32 Å². The van der Waals surface area contributed by atoms with Crippen LogP contribution in [0.2, 0.25) is 0 Å². The van der Waals surface area contributed by atoms with Gasteiger partial charge in [-0.15, -0.1) is 0 Å². The van der Waals surface area contributed by atoms with Crippen LogP contribution in [0.15, 0.2) is 97.2 Å². The van der Waals surface area contributed by atoms with E-state index in [-0.39, 0.29) is 19.1 Å². The number of hydrogen-bond donors (Lipinski definition) is 2. The highest BCUT2D eigenvalue weighted by atomic mass is 31.2. The third-order valence-corrected chi connectivity index (χ3v) is 16.6. The van der Waals surface area contributed by atoms with E-state index in [0.29, 0.717) is 23.9 Å². The largest absolute Gasteiger partial charge is 0.756 e. The fraction of sp³-hybridized carbons (Fsp3) is 0.770. The van der Waals surface area contributed by atoms with Gasteiger partial charge in [-0.05, 0) is 77.0 Å². The van der Waals surface area contributed by atoms with E-state index < -0.39 is 20.0 Å². The molecule has 1 amide bonds. The Balaban J connectivity index is 4.12. The van der Waals surface area contributed by atoms with E-state index in [1.807, 2.05) is 21.1 Å². The molecule has 0 aromatic heterocycles. The Labute approximate surface area is 515 Å². The van der Waals surface area contributed by atoms with Gasteiger partial charge in [0.15, 0.2) is 0 Å². The summed E-state index contributed by atoms with van der Waals surface area (Å²) < 4.78 is 23.5. The van der Waals surface area contributed by atoms with Gasteiger partial charge in [0.2, 0.25) is 5.91 Å². The number of aliphatic hydroxyl groups is 1. The number of phosphoric ester groups is 1. The number of quaternary nitrogens is 1. The standard InChI is InChI=1S/C74H135N2O6P/c1-6-8-10-12-14-16-18-20-22-24-26-28-30-32-34-36-38-40-42-44-46-48-50-52-54-56-58-60-62-64-66-68-74(78)75-72(71-82-83(79,80)81-70-69-76(3,4)5)73(77)67-65-63-61-59-57-55-53-51-49-47-45-43-41-39-37-35-33-31-29-27-25-23-21-19-17-15-13-11-9-7-2/h8,10,14,16,20,22,26,28,32,34,38,40,44,46,50,52,72-73,77H,6-7,9,11-13,15,17-19,21,23-25,27,29-31,33,35-37,39,41-43,45,47-49,51,53-71H2,1-5H3,(H-,75,78,79,80)/b10-8-,16-14-,22-20-,28-26-,34-32-,40-38-,46-44-,52-50-. The van der Waals surface area contributed by atoms with Gasteiger partial charge < -0.3 is 28.8 Å². The number of nitrogens with zero attached hydrogens (tertiary/aromatic N) is 1. The molecular weight excluding hydrogens is 1040 g/mol. The van der Waals surface area contributed by atoms with Crippen LogP contribution in [0.4, 0.5) is 0 Å². The van der Waals surface area contributed by atoms with E-state index in [9.17, 15) is 19.4 Å². The maximum Gasteiger partial charge on any atom is 0.268 e. The lowest BCUT2D eigenvalue weighted by atomic mass is 10.0. The third-order valence-electron chi connectivity index (χ3n) is 15.6. The van der Waals surface area contributed by atoms with E-state index in [0.717, 1.165) is 103 Å². The Morgan fingerprint density at radius 2 is 0.735 bits per heavy atom. The first-order chi connectivity index (χ1) is 40.5. The highest BCUT2D eigenvalue weighted by molar-refractivity contribution is 7.45. The van der Waals surface area contributed by atoms with Crippen molar-refractivity contribution in [3.63, 3.8) is 0 Å². The predicted molar refractivity (Wildman–Crippen MR) is 362 cm³/mol. The highest BCUT2D eigenvalue weighted by Crippen LogP contribution is 2.38. The molecule has 0 saturated carbocycles. The normalized spacial score (nSPS) is 14.3. The minimum Gasteiger partial charge on any atom is -0.756 e. The molecule has 0 spiro atoms. The van der Waals surface area contributed by atoms with Gasteiger partial charge >= 0.3 is 0 Å². The minimum atomic E-state index is -4.59. The molecule has 0 fully saturated rings. The van der Waals surface area contributed by atoms with Gasteiger partial charge in [-0.3, -0.25) is 9.36 Å².